The number of carbonyl (C=O) groups excluding carboxylic acids is 1. The molecule has 4 rings (SSSR count). The molecule has 0 bridgehead atoms. The molecule has 3 aromatic rings. The van der Waals surface area contributed by atoms with Gasteiger partial charge in [-0.25, -0.2) is 8.42 Å². The van der Waals surface area contributed by atoms with Crippen LogP contribution in [0, 0.1) is 0 Å². The zero-order valence-electron chi connectivity index (χ0n) is 16.0. The molecule has 2 aromatic heterocycles. The summed E-state index contributed by atoms with van der Waals surface area (Å²) in [5.41, 5.74) is 0.531. The fourth-order valence-electron chi connectivity index (χ4n) is 3.06. The molecule has 3 heterocycles. The van der Waals surface area contributed by atoms with Crippen molar-refractivity contribution in [3.63, 3.8) is 0 Å². The topological polar surface area (TPSA) is 105 Å². The highest BCUT2D eigenvalue weighted by Crippen LogP contribution is 2.27. The van der Waals surface area contributed by atoms with E-state index >= 15 is 0 Å². The number of carbonyl (C=O) groups is 1. The molecule has 0 spiro atoms. The standard InChI is InChI=1S/C19H20N4O4S3/c24-17(13-29-19-22-21-18(27-19)16-5-4-12-28-16)20-14-6-8-15(9-7-14)30(25,26)23-10-2-1-3-11-23/h4-9,12H,1-3,10-11,13H2,(H,20,24). The minimum absolute atomic E-state index is 0.0971. The molecule has 30 heavy (non-hydrogen) atoms. The third kappa shape index (κ3) is 4.91. The van der Waals surface area contributed by atoms with Gasteiger partial charge in [0.15, 0.2) is 0 Å². The van der Waals surface area contributed by atoms with Crippen LogP contribution < -0.4 is 5.32 Å². The lowest BCUT2D eigenvalue weighted by Gasteiger charge is -2.25. The van der Waals surface area contributed by atoms with E-state index < -0.39 is 10.0 Å². The maximum atomic E-state index is 12.7. The van der Waals surface area contributed by atoms with E-state index in [4.69, 9.17) is 4.42 Å². The number of anilines is 1. The van der Waals surface area contributed by atoms with Crippen LogP contribution in [-0.2, 0) is 14.8 Å². The number of amides is 1. The minimum atomic E-state index is -3.48. The summed E-state index contributed by atoms with van der Waals surface area (Å²) in [7, 11) is -3.48. The van der Waals surface area contributed by atoms with Crippen molar-refractivity contribution >= 4 is 44.7 Å². The van der Waals surface area contributed by atoms with Gasteiger partial charge in [-0.2, -0.15) is 4.31 Å². The Morgan fingerprint density at radius 3 is 2.60 bits per heavy atom. The van der Waals surface area contributed by atoms with Crippen molar-refractivity contribution in [2.24, 2.45) is 0 Å². The van der Waals surface area contributed by atoms with Gasteiger partial charge < -0.3 is 9.73 Å². The van der Waals surface area contributed by atoms with Gasteiger partial charge in [0, 0.05) is 18.8 Å². The van der Waals surface area contributed by atoms with Gasteiger partial charge in [-0.3, -0.25) is 4.79 Å². The van der Waals surface area contributed by atoms with Crippen LogP contribution in [0.3, 0.4) is 0 Å². The molecular weight excluding hydrogens is 444 g/mol. The van der Waals surface area contributed by atoms with Crippen molar-refractivity contribution < 1.29 is 17.6 Å². The molecule has 1 aromatic carbocycles. The van der Waals surface area contributed by atoms with Crippen molar-refractivity contribution in [2.45, 2.75) is 29.4 Å². The first-order valence-corrected chi connectivity index (χ1v) is 12.7. The number of thiophene rings is 1. The summed E-state index contributed by atoms with van der Waals surface area (Å²) >= 11 is 2.64. The van der Waals surface area contributed by atoms with Crippen LogP contribution in [0.1, 0.15) is 19.3 Å². The first-order valence-electron chi connectivity index (χ1n) is 9.42. The summed E-state index contributed by atoms with van der Waals surface area (Å²) in [5, 5.41) is 12.9. The van der Waals surface area contributed by atoms with Crippen molar-refractivity contribution in [1.29, 1.82) is 0 Å². The Bertz CT molecular complexity index is 1090. The molecule has 1 aliphatic heterocycles. The van der Waals surface area contributed by atoms with Gasteiger partial charge in [0.2, 0.25) is 15.9 Å². The maximum Gasteiger partial charge on any atom is 0.277 e. The largest absolute Gasteiger partial charge is 0.410 e. The van der Waals surface area contributed by atoms with Crippen LogP contribution in [0.15, 0.2) is 56.3 Å². The van der Waals surface area contributed by atoms with E-state index in [1.54, 1.807) is 12.1 Å². The second-order valence-electron chi connectivity index (χ2n) is 6.68. The minimum Gasteiger partial charge on any atom is -0.410 e. The number of aromatic nitrogens is 2. The quantitative estimate of drug-likeness (QED) is 0.532. The van der Waals surface area contributed by atoms with Crippen molar-refractivity contribution in [3.8, 4) is 10.8 Å². The Hall–Kier alpha value is -2.21. The number of benzene rings is 1. The fraction of sp³-hybridized carbons (Fsp3) is 0.316. The Balaban J connectivity index is 1.31. The average molecular weight is 465 g/mol. The second-order valence-corrected chi connectivity index (χ2v) is 10.5. The van der Waals surface area contributed by atoms with Crippen LogP contribution in [0.2, 0.25) is 0 Å². The molecule has 1 saturated heterocycles. The zero-order chi connectivity index (χ0) is 21.0. The summed E-state index contributed by atoms with van der Waals surface area (Å²) in [4.78, 5) is 13.3. The first kappa shape index (κ1) is 21.0. The number of nitrogens with zero attached hydrogens (tertiary/aromatic N) is 3. The van der Waals surface area contributed by atoms with E-state index in [1.165, 1.54) is 27.8 Å². The zero-order valence-corrected chi connectivity index (χ0v) is 18.4. The van der Waals surface area contributed by atoms with Gasteiger partial charge in [0.05, 0.1) is 15.5 Å². The first-order chi connectivity index (χ1) is 14.5. The average Bonchev–Trinajstić information content (AvgIpc) is 3.45. The highest BCUT2D eigenvalue weighted by molar-refractivity contribution is 7.99. The molecule has 158 valence electrons. The van der Waals surface area contributed by atoms with E-state index in [0.717, 1.165) is 35.9 Å². The fourth-order valence-corrected chi connectivity index (χ4v) is 5.78. The Labute approximate surface area is 182 Å². The number of thioether (sulfide) groups is 1. The van der Waals surface area contributed by atoms with Crippen molar-refractivity contribution in [3.05, 3.63) is 41.8 Å². The van der Waals surface area contributed by atoms with Gasteiger partial charge in [0.25, 0.3) is 11.1 Å². The number of hydrogen-bond acceptors (Lipinski definition) is 8. The highest BCUT2D eigenvalue weighted by atomic mass is 32.2. The van der Waals surface area contributed by atoms with E-state index in [2.05, 4.69) is 15.5 Å². The molecule has 8 nitrogen and oxygen atoms in total. The number of nitrogens with one attached hydrogen (secondary N) is 1. The Kier molecular flexibility index (Phi) is 6.52. The van der Waals surface area contributed by atoms with E-state index in [-0.39, 0.29) is 16.6 Å². The molecule has 11 heteroatoms. The molecule has 1 aliphatic rings. The molecular formula is C19H20N4O4S3. The number of rotatable bonds is 7. The lowest BCUT2D eigenvalue weighted by molar-refractivity contribution is -0.113. The summed E-state index contributed by atoms with van der Waals surface area (Å²) in [6.07, 6.45) is 2.84. The SMILES string of the molecule is O=C(CSc1nnc(-c2cccs2)o1)Nc1ccc(S(=O)(=O)N2CCCCC2)cc1. The molecule has 0 unspecified atom stereocenters. The molecule has 0 aliphatic carbocycles. The molecule has 0 radical (unpaired) electrons. The third-order valence-corrected chi connectivity index (χ3v) is 8.15. The van der Waals surface area contributed by atoms with Gasteiger partial charge in [-0.15, -0.1) is 21.5 Å². The Morgan fingerprint density at radius 2 is 1.90 bits per heavy atom. The van der Waals surface area contributed by atoms with E-state index in [9.17, 15) is 13.2 Å². The maximum absolute atomic E-state index is 12.7. The van der Waals surface area contributed by atoms with Crippen LogP contribution in [0.5, 0.6) is 0 Å². The molecule has 0 saturated carbocycles. The molecule has 0 atom stereocenters. The second kappa shape index (κ2) is 9.29. The lowest BCUT2D eigenvalue weighted by Crippen LogP contribution is -2.35. The number of sulfonamides is 1. The van der Waals surface area contributed by atoms with Gasteiger partial charge >= 0.3 is 0 Å². The monoisotopic (exact) mass is 464 g/mol. The summed E-state index contributed by atoms with van der Waals surface area (Å²) in [5.74, 6) is 0.279. The molecule has 1 fully saturated rings. The van der Waals surface area contributed by atoms with Gasteiger partial charge in [-0.05, 0) is 48.6 Å². The van der Waals surface area contributed by atoms with Crippen molar-refractivity contribution in [2.75, 3.05) is 24.2 Å². The lowest BCUT2D eigenvalue weighted by atomic mass is 10.2. The predicted octanol–water partition coefficient (Wildman–Crippen LogP) is 3.70. The van der Waals surface area contributed by atoms with Crippen molar-refractivity contribution in [1.82, 2.24) is 14.5 Å². The number of hydrogen-bond donors (Lipinski definition) is 1. The Morgan fingerprint density at radius 1 is 1.13 bits per heavy atom. The summed E-state index contributed by atoms with van der Waals surface area (Å²) in [6, 6.07) is 10.0. The van der Waals surface area contributed by atoms with Crippen LogP contribution >= 0.6 is 23.1 Å². The summed E-state index contributed by atoms with van der Waals surface area (Å²) < 4.78 is 32.4. The van der Waals surface area contributed by atoms with E-state index in [0.29, 0.717) is 29.9 Å². The normalized spacial score (nSPS) is 15.2. The van der Waals surface area contributed by atoms with Crippen LogP contribution in [0.4, 0.5) is 5.69 Å². The smallest absolute Gasteiger partial charge is 0.277 e. The number of piperidine rings is 1. The van der Waals surface area contributed by atoms with Gasteiger partial charge in [-0.1, -0.05) is 24.2 Å². The van der Waals surface area contributed by atoms with Crippen LogP contribution in [0.25, 0.3) is 10.8 Å². The third-order valence-electron chi connectivity index (χ3n) is 4.56. The predicted molar refractivity (Wildman–Crippen MR) is 116 cm³/mol. The van der Waals surface area contributed by atoms with Crippen LogP contribution in [-0.4, -0.2) is 47.7 Å². The highest BCUT2D eigenvalue weighted by Gasteiger charge is 2.25. The summed E-state index contributed by atoms with van der Waals surface area (Å²) in [6.45, 7) is 1.11. The molecule has 1 N–H and O–H groups in total. The van der Waals surface area contributed by atoms with E-state index in [1.807, 2.05) is 17.5 Å². The molecule has 1 amide bonds. The van der Waals surface area contributed by atoms with Gasteiger partial charge in [0.1, 0.15) is 0 Å².